The monoisotopic (exact) mass is 210 g/mol. The summed E-state index contributed by atoms with van der Waals surface area (Å²) in [5, 5.41) is 7.47. The second-order valence-corrected chi connectivity index (χ2v) is 4.22. The molecule has 1 aromatic rings. The van der Waals surface area contributed by atoms with Gasteiger partial charge in [-0.3, -0.25) is 4.98 Å². The normalized spacial score (nSPS) is 18.2. The average Bonchev–Trinajstić information content (AvgIpc) is 2.56. The van der Waals surface area contributed by atoms with Gasteiger partial charge in [-0.05, 0) is 45.2 Å². The number of nitrogens with one attached hydrogen (secondary N) is 2. The summed E-state index contributed by atoms with van der Waals surface area (Å²) in [5.41, 5.74) is -0.0820. The molecule has 2 heterocycles. The zero-order valence-electron chi connectivity index (χ0n) is 9.12. The maximum atomic E-state index is 11.3. The van der Waals surface area contributed by atoms with Crippen LogP contribution in [0, 0.1) is 12.8 Å². The van der Waals surface area contributed by atoms with E-state index < -0.39 is 0 Å². The van der Waals surface area contributed by atoms with E-state index in [1.54, 1.807) is 0 Å². The van der Waals surface area contributed by atoms with Crippen molar-refractivity contribution >= 4 is 0 Å². The summed E-state index contributed by atoms with van der Waals surface area (Å²) < 4.78 is 1.54. The first-order valence-corrected chi connectivity index (χ1v) is 5.60. The van der Waals surface area contributed by atoms with E-state index in [-0.39, 0.29) is 5.69 Å². The zero-order chi connectivity index (χ0) is 10.7. The first kappa shape index (κ1) is 10.4. The minimum absolute atomic E-state index is 0.0820. The summed E-state index contributed by atoms with van der Waals surface area (Å²) in [6.07, 6.45) is 3.50. The fourth-order valence-corrected chi connectivity index (χ4v) is 2.10. The van der Waals surface area contributed by atoms with E-state index >= 15 is 0 Å². The molecule has 0 atom stereocenters. The van der Waals surface area contributed by atoms with Gasteiger partial charge in [-0.2, -0.15) is 5.10 Å². The molecule has 0 bridgehead atoms. The fourth-order valence-electron chi connectivity index (χ4n) is 2.10. The molecule has 1 aliphatic rings. The maximum Gasteiger partial charge on any atom is 0.343 e. The number of hydrogen-bond acceptors (Lipinski definition) is 3. The SMILES string of the molecule is Cc1nn(CCC2CCNCC2)c(=O)[nH]1. The molecule has 5 heteroatoms. The molecule has 5 nitrogen and oxygen atoms in total. The third kappa shape index (κ3) is 2.68. The van der Waals surface area contributed by atoms with Crippen molar-refractivity contribution in [1.29, 1.82) is 0 Å². The molecule has 1 aliphatic heterocycles. The summed E-state index contributed by atoms with van der Waals surface area (Å²) in [4.78, 5) is 14.0. The molecule has 84 valence electrons. The van der Waals surface area contributed by atoms with Gasteiger partial charge in [0.05, 0.1) is 0 Å². The van der Waals surface area contributed by atoms with Crippen molar-refractivity contribution in [3.05, 3.63) is 16.3 Å². The minimum Gasteiger partial charge on any atom is -0.317 e. The lowest BCUT2D eigenvalue weighted by Crippen LogP contribution is -2.29. The molecule has 0 spiro atoms. The Balaban J connectivity index is 1.87. The van der Waals surface area contributed by atoms with E-state index in [0.717, 1.165) is 32.0 Å². The van der Waals surface area contributed by atoms with Crippen LogP contribution in [0.5, 0.6) is 0 Å². The molecule has 0 saturated carbocycles. The molecule has 0 radical (unpaired) electrons. The van der Waals surface area contributed by atoms with Crippen LogP contribution in [0.25, 0.3) is 0 Å². The molecule has 2 rings (SSSR count). The van der Waals surface area contributed by atoms with Crippen molar-refractivity contribution < 1.29 is 0 Å². The minimum atomic E-state index is -0.0820. The molecule has 0 unspecified atom stereocenters. The molecule has 2 N–H and O–H groups in total. The highest BCUT2D eigenvalue weighted by atomic mass is 16.1. The first-order chi connectivity index (χ1) is 7.25. The lowest BCUT2D eigenvalue weighted by Gasteiger charge is -2.21. The van der Waals surface area contributed by atoms with Crippen LogP contribution in [0.1, 0.15) is 25.1 Å². The van der Waals surface area contributed by atoms with Gasteiger partial charge in [0, 0.05) is 6.54 Å². The van der Waals surface area contributed by atoms with Crippen molar-refractivity contribution in [3.8, 4) is 0 Å². The molecule has 0 amide bonds. The summed E-state index contributed by atoms with van der Waals surface area (Å²) in [7, 11) is 0. The summed E-state index contributed by atoms with van der Waals surface area (Å²) in [6.45, 7) is 4.77. The number of aromatic nitrogens is 3. The van der Waals surface area contributed by atoms with Gasteiger partial charge in [0.2, 0.25) is 0 Å². The second-order valence-electron chi connectivity index (χ2n) is 4.22. The van der Waals surface area contributed by atoms with E-state index in [9.17, 15) is 4.79 Å². The number of nitrogens with zero attached hydrogens (tertiary/aromatic N) is 2. The van der Waals surface area contributed by atoms with Gasteiger partial charge in [-0.1, -0.05) is 0 Å². The van der Waals surface area contributed by atoms with E-state index in [2.05, 4.69) is 15.4 Å². The van der Waals surface area contributed by atoms with Crippen LogP contribution in [0.4, 0.5) is 0 Å². The van der Waals surface area contributed by atoms with Gasteiger partial charge < -0.3 is 5.32 Å². The third-order valence-electron chi connectivity index (χ3n) is 3.00. The van der Waals surface area contributed by atoms with Gasteiger partial charge >= 0.3 is 5.69 Å². The van der Waals surface area contributed by atoms with Crippen LogP contribution in [-0.2, 0) is 6.54 Å². The highest BCUT2D eigenvalue weighted by molar-refractivity contribution is 4.76. The lowest BCUT2D eigenvalue weighted by molar-refractivity contribution is 0.330. The molecule has 0 aliphatic carbocycles. The third-order valence-corrected chi connectivity index (χ3v) is 3.00. The number of aryl methyl sites for hydroxylation is 2. The second kappa shape index (κ2) is 4.61. The van der Waals surface area contributed by atoms with Gasteiger partial charge in [-0.15, -0.1) is 0 Å². The predicted octanol–water partition coefficient (Wildman–Crippen LogP) is 0.270. The molecule has 1 saturated heterocycles. The van der Waals surface area contributed by atoms with E-state index in [4.69, 9.17) is 0 Å². The Kier molecular flexibility index (Phi) is 3.20. The summed E-state index contributed by atoms with van der Waals surface area (Å²) >= 11 is 0. The lowest BCUT2D eigenvalue weighted by atomic mass is 9.95. The fraction of sp³-hybridized carbons (Fsp3) is 0.800. The largest absolute Gasteiger partial charge is 0.343 e. The van der Waals surface area contributed by atoms with E-state index in [1.165, 1.54) is 17.5 Å². The van der Waals surface area contributed by atoms with Crippen LogP contribution in [0.15, 0.2) is 4.79 Å². The van der Waals surface area contributed by atoms with Gasteiger partial charge in [0.1, 0.15) is 5.82 Å². The number of aromatic amines is 1. The quantitative estimate of drug-likeness (QED) is 0.752. The zero-order valence-corrected chi connectivity index (χ0v) is 9.12. The molecular formula is C10H18N4O. The molecule has 1 aromatic heterocycles. The van der Waals surface area contributed by atoms with Crippen molar-refractivity contribution in [1.82, 2.24) is 20.1 Å². The number of piperidine rings is 1. The number of hydrogen-bond donors (Lipinski definition) is 2. The molecule has 1 fully saturated rings. The maximum absolute atomic E-state index is 11.3. The predicted molar refractivity (Wildman–Crippen MR) is 57.8 cm³/mol. The smallest absolute Gasteiger partial charge is 0.317 e. The summed E-state index contributed by atoms with van der Waals surface area (Å²) in [5.74, 6) is 1.44. The van der Waals surface area contributed by atoms with Crippen molar-refractivity contribution in [2.45, 2.75) is 32.7 Å². The van der Waals surface area contributed by atoms with Gasteiger partial charge in [0.15, 0.2) is 0 Å². The Hall–Kier alpha value is -1.10. The Morgan fingerprint density at radius 2 is 2.20 bits per heavy atom. The standard InChI is InChI=1S/C10H18N4O/c1-8-12-10(15)14(13-8)7-4-9-2-5-11-6-3-9/h9,11H,2-7H2,1H3,(H,12,13,15). The van der Waals surface area contributed by atoms with Crippen LogP contribution in [-0.4, -0.2) is 27.9 Å². The van der Waals surface area contributed by atoms with E-state index in [0.29, 0.717) is 5.82 Å². The average molecular weight is 210 g/mol. The molecule has 0 aromatic carbocycles. The van der Waals surface area contributed by atoms with Crippen molar-refractivity contribution in [2.75, 3.05) is 13.1 Å². The summed E-state index contributed by atoms with van der Waals surface area (Å²) in [6, 6.07) is 0. The number of rotatable bonds is 3. The number of H-pyrrole nitrogens is 1. The van der Waals surface area contributed by atoms with Gasteiger partial charge in [-0.25, -0.2) is 9.48 Å². The Morgan fingerprint density at radius 1 is 1.47 bits per heavy atom. The van der Waals surface area contributed by atoms with Crippen molar-refractivity contribution in [3.63, 3.8) is 0 Å². The Bertz CT molecular complexity index is 362. The molecular weight excluding hydrogens is 192 g/mol. The van der Waals surface area contributed by atoms with Crippen molar-refractivity contribution in [2.24, 2.45) is 5.92 Å². The van der Waals surface area contributed by atoms with E-state index in [1.807, 2.05) is 6.92 Å². The van der Waals surface area contributed by atoms with Crippen LogP contribution in [0.3, 0.4) is 0 Å². The highest BCUT2D eigenvalue weighted by Crippen LogP contribution is 2.15. The Labute approximate surface area is 88.9 Å². The highest BCUT2D eigenvalue weighted by Gasteiger charge is 2.13. The van der Waals surface area contributed by atoms with Crippen LogP contribution >= 0.6 is 0 Å². The first-order valence-electron chi connectivity index (χ1n) is 5.60. The molecule has 15 heavy (non-hydrogen) atoms. The van der Waals surface area contributed by atoms with Gasteiger partial charge in [0.25, 0.3) is 0 Å². The topological polar surface area (TPSA) is 62.7 Å². The van der Waals surface area contributed by atoms with Crippen LogP contribution < -0.4 is 11.0 Å². The Morgan fingerprint density at radius 3 is 2.80 bits per heavy atom. The van der Waals surface area contributed by atoms with Crippen LogP contribution in [0.2, 0.25) is 0 Å².